The molecule has 2 nitrogen and oxygen atoms in total. The van der Waals surface area contributed by atoms with Gasteiger partial charge in [-0.1, -0.05) is 40.2 Å². The first-order chi connectivity index (χ1) is 10.2. The molecule has 0 amide bonds. The van der Waals surface area contributed by atoms with E-state index in [0.29, 0.717) is 23.1 Å². The fourth-order valence-corrected chi connectivity index (χ4v) is 3.48. The van der Waals surface area contributed by atoms with Crippen LogP contribution in [0, 0.1) is 5.82 Å². The molecular weight excluding hydrogens is 335 g/mol. The number of benzene rings is 2. The highest BCUT2D eigenvalue weighted by molar-refractivity contribution is 9.10. The van der Waals surface area contributed by atoms with Crippen LogP contribution in [0.15, 0.2) is 46.9 Å². The van der Waals surface area contributed by atoms with Gasteiger partial charge in [0.05, 0.1) is 12.7 Å². The van der Waals surface area contributed by atoms with E-state index < -0.39 is 6.10 Å². The maximum absolute atomic E-state index is 13.9. The Hall–Kier alpha value is -1.39. The Morgan fingerprint density at radius 1 is 1.24 bits per heavy atom. The molecule has 21 heavy (non-hydrogen) atoms. The van der Waals surface area contributed by atoms with Crippen LogP contribution in [0.2, 0.25) is 0 Å². The van der Waals surface area contributed by atoms with Crippen LogP contribution in [0.3, 0.4) is 0 Å². The fourth-order valence-electron chi connectivity index (χ4n) is 2.88. The molecule has 0 radical (unpaired) electrons. The lowest BCUT2D eigenvalue weighted by Crippen LogP contribution is -2.17. The zero-order chi connectivity index (χ0) is 14.8. The maximum atomic E-state index is 13.9. The van der Waals surface area contributed by atoms with E-state index in [-0.39, 0.29) is 11.7 Å². The van der Waals surface area contributed by atoms with Crippen molar-refractivity contribution in [3.63, 3.8) is 0 Å². The number of halogens is 2. The molecule has 3 rings (SSSR count). The first-order valence-corrected chi connectivity index (χ1v) is 7.80. The molecule has 1 N–H and O–H groups in total. The van der Waals surface area contributed by atoms with Crippen LogP contribution in [0.4, 0.5) is 4.39 Å². The Bertz CT molecular complexity index is 624. The van der Waals surface area contributed by atoms with Crippen LogP contribution in [-0.4, -0.2) is 11.7 Å². The molecule has 0 saturated carbocycles. The van der Waals surface area contributed by atoms with E-state index in [0.717, 1.165) is 17.7 Å². The second kappa shape index (κ2) is 6.16. The molecule has 0 spiro atoms. The first-order valence-electron chi connectivity index (χ1n) is 7.00. The summed E-state index contributed by atoms with van der Waals surface area (Å²) in [5.74, 6) is 0.669. The summed E-state index contributed by atoms with van der Waals surface area (Å²) in [6.07, 6.45) is 0.483. The molecular formula is C17H16BrFO2. The lowest BCUT2D eigenvalue weighted by atomic mass is 9.86. The summed E-state index contributed by atoms with van der Waals surface area (Å²) in [5.41, 5.74) is 1.43. The third kappa shape index (κ3) is 2.97. The van der Waals surface area contributed by atoms with Crippen molar-refractivity contribution in [2.45, 2.75) is 24.9 Å². The summed E-state index contributed by atoms with van der Waals surface area (Å²) in [6, 6.07) is 12.6. The minimum Gasteiger partial charge on any atom is -0.493 e. The van der Waals surface area contributed by atoms with E-state index in [4.69, 9.17) is 4.74 Å². The monoisotopic (exact) mass is 350 g/mol. The molecule has 0 saturated heterocycles. The molecule has 0 bridgehead atoms. The average Bonchev–Trinajstić information content (AvgIpc) is 2.47. The van der Waals surface area contributed by atoms with Crippen LogP contribution >= 0.6 is 15.9 Å². The third-order valence-electron chi connectivity index (χ3n) is 3.92. The molecule has 1 heterocycles. The van der Waals surface area contributed by atoms with Gasteiger partial charge in [-0.15, -0.1) is 0 Å². The Morgan fingerprint density at radius 2 is 2.05 bits per heavy atom. The maximum Gasteiger partial charge on any atom is 0.130 e. The topological polar surface area (TPSA) is 29.5 Å². The zero-order valence-electron chi connectivity index (χ0n) is 11.4. The van der Waals surface area contributed by atoms with Gasteiger partial charge in [0.2, 0.25) is 0 Å². The van der Waals surface area contributed by atoms with E-state index in [9.17, 15) is 9.50 Å². The van der Waals surface area contributed by atoms with Gasteiger partial charge in [0.15, 0.2) is 0 Å². The minimum absolute atomic E-state index is 0.177. The molecule has 0 aliphatic carbocycles. The SMILES string of the molecule is OC(CC1CCOc2ccccc21)c1c(F)cccc1Br. The molecule has 4 heteroatoms. The highest BCUT2D eigenvalue weighted by Gasteiger charge is 2.26. The van der Waals surface area contributed by atoms with Gasteiger partial charge in [0, 0.05) is 10.0 Å². The van der Waals surface area contributed by atoms with Crippen molar-refractivity contribution in [1.29, 1.82) is 0 Å². The average molecular weight is 351 g/mol. The molecule has 2 aromatic carbocycles. The first kappa shape index (κ1) is 14.5. The van der Waals surface area contributed by atoms with Crippen molar-refractivity contribution in [1.82, 2.24) is 0 Å². The number of fused-ring (bicyclic) bond motifs is 1. The van der Waals surface area contributed by atoms with Crippen molar-refractivity contribution in [3.05, 3.63) is 63.9 Å². The lowest BCUT2D eigenvalue weighted by Gasteiger charge is -2.28. The normalized spacial score (nSPS) is 18.7. The van der Waals surface area contributed by atoms with Crippen molar-refractivity contribution in [3.8, 4) is 5.75 Å². The van der Waals surface area contributed by atoms with Gasteiger partial charge in [-0.25, -0.2) is 4.39 Å². The predicted octanol–water partition coefficient (Wildman–Crippen LogP) is 4.58. The number of hydrogen-bond acceptors (Lipinski definition) is 2. The molecule has 0 aromatic heterocycles. The smallest absolute Gasteiger partial charge is 0.130 e. The number of para-hydroxylation sites is 1. The van der Waals surface area contributed by atoms with Crippen LogP contribution in [-0.2, 0) is 0 Å². The summed E-state index contributed by atoms with van der Waals surface area (Å²) in [7, 11) is 0. The number of rotatable bonds is 3. The number of aliphatic hydroxyl groups excluding tert-OH is 1. The molecule has 2 unspecified atom stereocenters. The summed E-state index contributed by atoms with van der Waals surface area (Å²) in [6.45, 7) is 0.632. The molecule has 2 aromatic rings. The molecule has 0 fully saturated rings. The van der Waals surface area contributed by atoms with Gasteiger partial charge in [0.1, 0.15) is 11.6 Å². The van der Waals surface area contributed by atoms with E-state index >= 15 is 0 Å². The summed E-state index contributed by atoms with van der Waals surface area (Å²) < 4.78 is 20.2. The van der Waals surface area contributed by atoms with Crippen molar-refractivity contribution in [2.75, 3.05) is 6.61 Å². The number of hydrogen-bond donors (Lipinski definition) is 1. The number of ether oxygens (including phenoxy) is 1. The minimum atomic E-state index is -0.836. The van der Waals surface area contributed by atoms with Crippen LogP contribution in [0.1, 0.15) is 36.0 Å². The van der Waals surface area contributed by atoms with Crippen molar-refractivity contribution in [2.24, 2.45) is 0 Å². The number of aliphatic hydroxyl groups is 1. The summed E-state index contributed by atoms with van der Waals surface area (Å²) >= 11 is 3.32. The Kier molecular flexibility index (Phi) is 4.27. The van der Waals surface area contributed by atoms with Crippen LogP contribution in [0.5, 0.6) is 5.75 Å². The van der Waals surface area contributed by atoms with Gasteiger partial charge in [-0.2, -0.15) is 0 Å². The van der Waals surface area contributed by atoms with Gasteiger partial charge >= 0.3 is 0 Å². The zero-order valence-corrected chi connectivity index (χ0v) is 13.0. The lowest BCUT2D eigenvalue weighted by molar-refractivity contribution is 0.140. The second-order valence-electron chi connectivity index (χ2n) is 5.26. The van der Waals surface area contributed by atoms with Crippen molar-refractivity contribution < 1.29 is 14.2 Å². The Balaban J connectivity index is 1.85. The predicted molar refractivity (Wildman–Crippen MR) is 83.0 cm³/mol. The van der Waals surface area contributed by atoms with Crippen molar-refractivity contribution >= 4 is 15.9 Å². The van der Waals surface area contributed by atoms with Crippen LogP contribution in [0.25, 0.3) is 0 Å². The quantitative estimate of drug-likeness (QED) is 0.877. The van der Waals surface area contributed by atoms with Crippen LogP contribution < -0.4 is 4.74 Å². The third-order valence-corrected chi connectivity index (χ3v) is 4.61. The second-order valence-corrected chi connectivity index (χ2v) is 6.11. The summed E-state index contributed by atoms with van der Waals surface area (Å²) in [5, 5.41) is 10.4. The Labute approximate surface area is 131 Å². The van der Waals surface area contributed by atoms with E-state index in [2.05, 4.69) is 15.9 Å². The fraction of sp³-hybridized carbons (Fsp3) is 0.294. The summed E-state index contributed by atoms with van der Waals surface area (Å²) in [4.78, 5) is 0. The van der Waals surface area contributed by atoms with E-state index in [1.54, 1.807) is 12.1 Å². The standard InChI is InChI=1S/C17H16BrFO2/c18-13-5-3-6-14(19)17(13)15(20)10-11-8-9-21-16-7-2-1-4-12(11)16/h1-7,11,15,20H,8-10H2. The van der Waals surface area contributed by atoms with Gasteiger partial charge in [-0.05, 0) is 42.5 Å². The molecule has 1 aliphatic heterocycles. The van der Waals surface area contributed by atoms with Gasteiger partial charge in [-0.3, -0.25) is 0 Å². The largest absolute Gasteiger partial charge is 0.493 e. The van der Waals surface area contributed by atoms with Gasteiger partial charge < -0.3 is 9.84 Å². The highest BCUT2D eigenvalue weighted by Crippen LogP contribution is 2.40. The molecule has 2 atom stereocenters. The Morgan fingerprint density at radius 3 is 2.86 bits per heavy atom. The van der Waals surface area contributed by atoms with E-state index in [1.165, 1.54) is 6.07 Å². The highest BCUT2D eigenvalue weighted by atomic mass is 79.9. The molecule has 1 aliphatic rings. The van der Waals surface area contributed by atoms with Gasteiger partial charge in [0.25, 0.3) is 0 Å². The van der Waals surface area contributed by atoms with E-state index in [1.807, 2.05) is 24.3 Å². The molecule has 110 valence electrons.